The summed E-state index contributed by atoms with van der Waals surface area (Å²) in [6.45, 7) is 1.86. The lowest BCUT2D eigenvalue weighted by molar-refractivity contribution is -0.117. The number of rotatable bonds is 5. The molecular weight excluding hydrogens is 326 g/mol. The molecular formula is C15H17N7O3. The Morgan fingerprint density at radius 3 is 2.92 bits per heavy atom. The molecule has 0 saturated heterocycles. The van der Waals surface area contributed by atoms with Crippen LogP contribution in [-0.4, -0.2) is 43.2 Å². The number of benzene rings is 1. The summed E-state index contributed by atoms with van der Waals surface area (Å²) < 4.78 is 6.63. The van der Waals surface area contributed by atoms with Gasteiger partial charge in [-0.3, -0.25) is 10.1 Å². The molecule has 0 radical (unpaired) electrons. The van der Waals surface area contributed by atoms with Gasteiger partial charge in [0.05, 0.1) is 30.2 Å². The molecule has 0 saturated carbocycles. The minimum absolute atomic E-state index is 0.0925. The van der Waals surface area contributed by atoms with Gasteiger partial charge in [0.1, 0.15) is 6.54 Å². The smallest absolute Gasteiger partial charge is 0.412 e. The van der Waals surface area contributed by atoms with Gasteiger partial charge in [-0.15, -0.1) is 5.10 Å². The van der Waals surface area contributed by atoms with Crippen molar-refractivity contribution >= 4 is 34.5 Å². The highest BCUT2D eigenvalue weighted by atomic mass is 16.5. The van der Waals surface area contributed by atoms with E-state index < -0.39 is 6.09 Å². The number of carbonyl (C=O) groups is 2. The summed E-state index contributed by atoms with van der Waals surface area (Å²) in [4.78, 5) is 28.8. The van der Waals surface area contributed by atoms with Crippen molar-refractivity contribution in [3.05, 3.63) is 30.7 Å². The molecule has 2 aromatic heterocycles. The van der Waals surface area contributed by atoms with Crippen LogP contribution < -0.4 is 10.6 Å². The van der Waals surface area contributed by atoms with Gasteiger partial charge in [-0.2, -0.15) is 9.90 Å². The first-order valence-electron chi connectivity index (χ1n) is 7.60. The first-order chi connectivity index (χ1) is 12.0. The van der Waals surface area contributed by atoms with E-state index in [1.54, 1.807) is 25.4 Å². The lowest BCUT2D eigenvalue weighted by Crippen LogP contribution is -2.20. The monoisotopic (exact) mass is 343 g/mol. The fourth-order valence-corrected chi connectivity index (χ4v) is 2.25. The first-order valence-corrected chi connectivity index (χ1v) is 7.60. The number of hydrogen-bond acceptors (Lipinski definition) is 6. The van der Waals surface area contributed by atoms with Gasteiger partial charge in [-0.25, -0.2) is 9.78 Å². The van der Waals surface area contributed by atoms with Gasteiger partial charge in [0.2, 0.25) is 5.91 Å². The number of hydrogen-bond donors (Lipinski definition) is 2. The average molecular weight is 343 g/mol. The molecule has 2 N–H and O–H groups in total. The Hall–Kier alpha value is -3.43. The summed E-state index contributed by atoms with van der Waals surface area (Å²) in [6, 6.07) is 5.47. The summed E-state index contributed by atoms with van der Waals surface area (Å²) >= 11 is 0. The van der Waals surface area contributed by atoms with E-state index in [1.165, 1.54) is 11.0 Å². The van der Waals surface area contributed by atoms with E-state index in [2.05, 4.69) is 25.8 Å². The largest absolute Gasteiger partial charge is 0.450 e. The summed E-state index contributed by atoms with van der Waals surface area (Å²) in [6.07, 6.45) is 2.43. The Morgan fingerprint density at radius 2 is 2.12 bits per heavy atom. The number of imidazole rings is 1. The topological polar surface area (TPSA) is 116 Å². The third-order valence-corrected chi connectivity index (χ3v) is 3.34. The van der Waals surface area contributed by atoms with E-state index in [9.17, 15) is 9.59 Å². The number of anilines is 2. The number of nitrogens with zero attached hydrogens (tertiary/aromatic N) is 5. The standard InChI is InChI=1S/C15H17N7O3/c1-3-25-15(24)19-13-7-17-22(20-13)8-14(23)18-10-4-5-12-11(6-10)16-9-21(12)2/h4-7,9H,3,8H2,1-2H3,(H,18,23)(H,19,20,24). The zero-order valence-corrected chi connectivity index (χ0v) is 13.8. The maximum Gasteiger partial charge on any atom is 0.412 e. The van der Waals surface area contributed by atoms with Crippen LogP contribution in [0.25, 0.3) is 11.0 Å². The van der Waals surface area contributed by atoms with Crippen LogP contribution in [0.2, 0.25) is 0 Å². The molecule has 25 heavy (non-hydrogen) atoms. The van der Waals surface area contributed by atoms with Gasteiger partial charge >= 0.3 is 6.09 Å². The quantitative estimate of drug-likeness (QED) is 0.723. The molecule has 10 heteroatoms. The molecule has 2 heterocycles. The molecule has 3 aromatic rings. The molecule has 3 rings (SSSR count). The van der Waals surface area contributed by atoms with Gasteiger partial charge < -0.3 is 14.6 Å². The van der Waals surface area contributed by atoms with Crippen LogP contribution in [0.3, 0.4) is 0 Å². The van der Waals surface area contributed by atoms with E-state index in [0.29, 0.717) is 5.69 Å². The maximum absolute atomic E-state index is 12.1. The second-order valence-electron chi connectivity index (χ2n) is 5.21. The number of ether oxygens (including phenoxy) is 1. The van der Waals surface area contributed by atoms with Crippen LogP contribution in [0.5, 0.6) is 0 Å². The molecule has 130 valence electrons. The van der Waals surface area contributed by atoms with Crippen molar-refractivity contribution in [2.24, 2.45) is 7.05 Å². The van der Waals surface area contributed by atoms with E-state index in [-0.39, 0.29) is 24.9 Å². The van der Waals surface area contributed by atoms with Crippen molar-refractivity contribution in [1.82, 2.24) is 24.5 Å². The van der Waals surface area contributed by atoms with Crippen LogP contribution in [0.1, 0.15) is 6.92 Å². The molecule has 0 atom stereocenters. The highest BCUT2D eigenvalue weighted by Gasteiger charge is 2.10. The first kappa shape index (κ1) is 16.4. The second kappa shape index (κ2) is 6.99. The maximum atomic E-state index is 12.1. The Morgan fingerprint density at radius 1 is 1.28 bits per heavy atom. The lowest BCUT2D eigenvalue weighted by atomic mass is 10.2. The van der Waals surface area contributed by atoms with Crippen LogP contribution >= 0.6 is 0 Å². The molecule has 0 aliphatic carbocycles. The second-order valence-corrected chi connectivity index (χ2v) is 5.21. The molecule has 1 aromatic carbocycles. The van der Waals surface area contributed by atoms with E-state index in [1.807, 2.05) is 17.7 Å². The summed E-state index contributed by atoms with van der Waals surface area (Å²) in [5, 5.41) is 13.1. The molecule has 0 bridgehead atoms. The molecule has 0 unspecified atom stereocenters. The van der Waals surface area contributed by atoms with Crippen molar-refractivity contribution < 1.29 is 14.3 Å². The average Bonchev–Trinajstić information content (AvgIpc) is 3.14. The van der Waals surface area contributed by atoms with Crippen LogP contribution in [-0.2, 0) is 23.1 Å². The third kappa shape index (κ3) is 3.91. The zero-order chi connectivity index (χ0) is 17.8. The lowest BCUT2D eigenvalue weighted by Gasteiger charge is -2.05. The highest BCUT2D eigenvalue weighted by Crippen LogP contribution is 2.17. The predicted octanol–water partition coefficient (Wildman–Crippen LogP) is 1.37. The van der Waals surface area contributed by atoms with Crippen LogP contribution in [0.4, 0.5) is 16.3 Å². The summed E-state index contributed by atoms with van der Waals surface area (Å²) in [5.74, 6) is -0.0882. The Kier molecular flexibility index (Phi) is 4.59. The SMILES string of the molecule is CCOC(=O)Nc1cnn(CC(=O)Nc2ccc3c(c2)ncn3C)n1. The number of nitrogens with one attached hydrogen (secondary N) is 2. The fourth-order valence-electron chi connectivity index (χ4n) is 2.25. The number of carbonyl (C=O) groups excluding carboxylic acids is 2. The van der Waals surface area contributed by atoms with Gasteiger partial charge in [0, 0.05) is 12.7 Å². The number of aryl methyl sites for hydroxylation is 1. The molecule has 0 fully saturated rings. The van der Waals surface area contributed by atoms with Crippen LogP contribution in [0.15, 0.2) is 30.7 Å². The third-order valence-electron chi connectivity index (χ3n) is 3.34. The van der Waals surface area contributed by atoms with Gasteiger partial charge in [0.25, 0.3) is 0 Å². The van der Waals surface area contributed by atoms with E-state index in [4.69, 9.17) is 4.74 Å². The number of aromatic nitrogens is 5. The Bertz CT molecular complexity index is 915. The molecule has 2 amide bonds. The fraction of sp³-hybridized carbons (Fsp3) is 0.267. The van der Waals surface area contributed by atoms with Crippen molar-refractivity contribution in [3.8, 4) is 0 Å². The van der Waals surface area contributed by atoms with Crippen LogP contribution in [0, 0.1) is 0 Å². The van der Waals surface area contributed by atoms with Crippen molar-refractivity contribution in [3.63, 3.8) is 0 Å². The van der Waals surface area contributed by atoms with Crippen molar-refractivity contribution in [2.45, 2.75) is 13.5 Å². The molecule has 10 nitrogen and oxygen atoms in total. The highest BCUT2D eigenvalue weighted by molar-refractivity contribution is 5.92. The Balaban J connectivity index is 1.60. The van der Waals surface area contributed by atoms with Gasteiger partial charge in [-0.05, 0) is 25.1 Å². The van der Waals surface area contributed by atoms with Crippen molar-refractivity contribution in [1.29, 1.82) is 0 Å². The van der Waals surface area contributed by atoms with E-state index in [0.717, 1.165) is 11.0 Å². The van der Waals surface area contributed by atoms with Gasteiger partial charge in [-0.1, -0.05) is 0 Å². The molecule has 0 aliphatic rings. The Labute approximate surface area is 142 Å². The minimum atomic E-state index is -0.623. The molecule has 0 spiro atoms. The number of amides is 2. The predicted molar refractivity (Wildman–Crippen MR) is 90.0 cm³/mol. The normalized spacial score (nSPS) is 10.6. The van der Waals surface area contributed by atoms with Gasteiger partial charge in [0.15, 0.2) is 5.82 Å². The molecule has 0 aliphatic heterocycles. The summed E-state index contributed by atoms with van der Waals surface area (Å²) in [5.41, 5.74) is 2.40. The zero-order valence-electron chi connectivity index (χ0n) is 13.8. The summed E-state index contributed by atoms with van der Waals surface area (Å²) in [7, 11) is 1.90. The minimum Gasteiger partial charge on any atom is -0.450 e. The number of fused-ring (bicyclic) bond motifs is 1. The van der Waals surface area contributed by atoms with Crippen molar-refractivity contribution in [2.75, 3.05) is 17.2 Å². The van der Waals surface area contributed by atoms with E-state index >= 15 is 0 Å².